The topological polar surface area (TPSA) is 67.6 Å². The lowest BCUT2D eigenvalue weighted by molar-refractivity contribution is -0.137. The molecule has 0 unspecified atom stereocenters. The Morgan fingerprint density at radius 1 is 1.36 bits per heavy atom. The van der Waals surface area contributed by atoms with Gasteiger partial charge in [-0.05, 0) is 19.1 Å². The molecule has 1 N–H and O–H groups in total. The standard InChI is InChI=1S/C16H16F3N3O3/c1-10-8-21(6-7-25-10)15(24)14-13(23)9-22(20-14)12-5-3-2-4-11(12)16(17,18)19/h2-5,9-10,23H,6-8H2,1H3/t10-/m1/s1. The molecule has 1 amide bonds. The summed E-state index contributed by atoms with van der Waals surface area (Å²) >= 11 is 0. The molecule has 1 saturated heterocycles. The van der Waals surface area contributed by atoms with Gasteiger partial charge in [0.25, 0.3) is 5.91 Å². The molecule has 2 aromatic rings. The first kappa shape index (κ1) is 17.3. The van der Waals surface area contributed by atoms with Gasteiger partial charge >= 0.3 is 6.18 Å². The summed E-state index contributed by atoms with van der Waals surface area (Å²) in [6.45, 7) is 2.81. The van der Waals surface area contributed by atoms with Crippen molar-refractivity contribution < 1.29 is 27.8 Å². The molecule has 0 saturated carbocycles. The summed E-state index contributed by atoms with van der Waals surface area (Å²) < 4.78 is 45.6. The van der Waals surface area contributed by atoms with Crippen LogP contribution in [-0.4, -0.2) is 51.5 Å². The third-order valence-corrected chi connectivity index (χ3v) is 3.88. The summed E-state index contributed by atoms with van der Waals surface area (Å²) in [6.07, 6.45) is -3.74. The van der Waals surface area contributed by atoms with Crippen molar-refractivity contribution in [2.75, 3.05) is 19.7 Å². The van der Waals surface area contributed by atoms with E-state index in [1.54, 1.807) is 6.92 Å². The van der Waals surface area contributed by atoms with Crippen molar-refractivity contribution in [3.63, 3.8) is 0 Å². The van der Waals surface area contributed by atoms with E-state index < -0.39 is 23.4 Å². The molecule has 1 fully saturated rings. The molecule has 25 heavy (non-hydrogen) atoms. The number of halogens is 3. The van der Waals surface area contributed by atoms with Gasteiger partial charge in [-0.2, -0.15) is 18.3 Å². The maximum absolute atomic E-state index is 13.1. The molecule has 1 aromatic carbocycles. The first-order valence-electron chi connectivity index (χ1n) is 7.63. The van der Waals surface area contributed by atoms with E-state index in [1.165, 1.54) is 23.1 Å². The summed E-state index contributed by atoms with van der Waals surface area (Å²) in [6, 6.07) is 4.82. The van der Waals surface area contributed by atoms with Crippen LogP contribution in [0.5, 0.6) is 5.75 Å². The highest BCUT2D eigenvalue weighted by Gasteiger charge is 2.34. The number of benzene rings is 1. The molecular formula is C16H16F3N3O3. The average Bonchev–Trinajstić information content (AvgIpc) is 2.95. The van der Waals surface area contributed by atoms with Crippen molar-refractivity contribution >= 4 is 5.91 Å². The number of alkyl halides is 3. The van der Waals surface area contributed by atoms with Gasteiger partial charge in [0.1, 0.15) is 0 Å². The minimum absolute atomic E-state index is 0.159. The second-order valence-corrected chi connectivity index (χ2v) is 5.76. The molecule has 1 aliphatic heterocycles. The van der Waals surface area contributed by atoms with Crippen molar-refractivity contribution in [3.8, 4) is 11.4 Å². The van der Waals surface area contributed by atoms with E-state index in [4.69, 9.17) is 4.74 Å². The number of ether oxygens (including phenoxy) is 1. The summed E-state index contributed by atoms with van der Waals surface area (Å²) in [5.74, 6) is -1.02. The zero-order chi connectivity index (χ0) is 18.2. The van der Waals surface area contributed by atoms with Crippen LogP contribution in [0.1, 0.15) is 23.0 Å². The van der Waals surface area contributed by atoms with Crippen LogP contribution >= 0.6 is 0 Å². The van der Waals surface area contributed by atoms with E-state index in [-0.39, 0.29) is 17.5 Å². The summed E-state index contributed by atoms with van der Waals surface area (Å²) in [5.41, 5.74) is -1.46. The van der Waals surface area contributed by atoms with Gasteiger partial charge in [0.2, 0.25) is 0 Å². The van der Waals surface area contributed by atoms with E-state index in [2.05, 4.69) is 5.10 Å². The second-order valence-electron chi connectivity index (χ2n) is 5.76. The van der Waals surface area contributed by atoms with Gasteiger partial charge in [0.15, 0.2) is 11.4 Å². The van der Waals surface area contributed by atoms with Gasteiger partial charge in [-0.15, -0.1) is 0 Å². The van der Waals surface area contributed by atoms with Gasteiger partial charge < -0.3 is 14.7 Å². The van der Waals surface area contributed by atoms with Crippen LogP contribution in [0.25, 0.3) is 5.69 Å². The minimum atomic E-state index is -4.58. The quantitative estimate of drug-likeness (QED) is 0.899. The maximum atomic E-state index is 13.1. The molecule has 1 aromatic heterocycles. The van der Waals surface area contributed by atoms with Gasteiger partial charge in [-0.3, -0.25) is 4.79 Å². The van der Waals surface area contributed by atoms with E-state index in [1.807, 2.05) is 0 Å². The van der Waals surface area contributed by atoms with Crippen molar-refractivity contribution in [2.45, 2.75) is 19.2 Å². The Labute approximate surface area is 141 Å². The molecule has 1 aliphatic rings. The van der Waals surface area contributed by atoms with Crippen LogP contribution in [0.2, 0.25) is 0 Å². The smallest absolute Gasteiger partial charge is 0.418 e. The maximum Gasteiger partial charge on any atom is 0.418 e. The fourth-order valence-corrected chi connectivity index (χ4v) is 2.71. The summed E-state index contributed by atoms with van der Waals surface area (Å²) in [7, 11) is 0. The normalized spacial score (nSPS) is 18.4. The number of carbonyl (C=O) groups excluding carboxylic acids is 1. The first-order chi connectivity index (χ1) is 11.8. The molecule has 3 rings (SSSR count). The number of nitrogens with zero attached hydrogens (tertiary/aromatic N) is 3. The highest BCUT2D eigenvalue weighted by molar-refractivity contribution is 5.95. The molecule has 0 bridgehead atoms. The van der Waals surface area contributed by atoms with Crippen LogP contribution in [-0.2, 0) is 10.9 Å². The van der Waals surface area contributed by atoms with Crippen molar-refractivity contribution in [3.05, 3.63) is 41.7 Å². The average molecular weight is 355 g/mol. The predicted molar refractivity (Wildman–Crippen MR) is 81.5 cm³/mol. The number of rotatable bonds is 2. The molecule has 0 spiro atoms. The lowest BCUT2D eigenvalue weighted by atomic mass is 10.2. The van der Waals surface area contributed by atoms with Gasteiger partial charge in [0.05, 0.1) is 30.2 Å². The fourth-order valence-electron chi connectivity index (χ4n) is 2.71. The highest BCUT2D eigenvalue weighted by atomic mass is 19.4. The van der Waals surface area contributed by atoms with Gasteiger partial charge in [-0.1, -0.05) is 12.1 Å². The number of hydrogen-bond donors (Lipinski definition) is 1. The van der Waals surface area contributed by atoms with Crippen LogP contribution in [0, 0.1) is 0 Å². The van der Waals surface area contributed by atoms with Crippen molar-refractivity contribution in [1.82, 2.24) is 14.7 Å². The Balaban J connectivity index is 1.95. The number of aromatic nitrogens is 2. The summed E-state index contributed by atoms with van der Waals surface area (Å²) in [4.78, 5) is 14.0. The molecule has 1 atom stereocenters. The highest BCUT2D eigenvalue weighted by Crippen LogP contribution is 2.34. The third-order valence-electron chi connectivity index (χ3n) is 3.88. The molecule has 6 nitrogen and oxygen atoms in total. The molecule has 2 heterocycles. The number of aromatic hydroxyl groups is 1. The largest absolute Gasteiger partial charge is 0.504 e. The molecule has 0 aliphatic carbocycles. The summed E-state index contributed by atoms with van der Waals surface area (Å²) in [5, 5.41) is 13.9. The van der Waals surface area contributed by atoms with E-state index in [9.17, 15) is 23.1 Å². The van der Waals surface area contributed by atoms with E-state index in [0.29, 0.717) is 19.7 Å². The zero-order valence-corrected chi connectivity index (χ0v) is 13.3. The zero-order valence-electron chi connectivity index (χ0n) is 13.3. The Kier molecular flexibility index (Phi) is 4.42. The first-order valence-corrected chi connectivity index (χ1v) is 7.63. The lowest BCUT2D eigenvalue weighted by Crippen LogP contribution is -2.44. The van der Waals surface area contributed by atoms with E-state index >= 15 is 0 Å². The van der Waals surface area contributed by atoms with Crippen LogP contribution < -0.4 is 0 Å². The van der Waals surface area contributed by atoms with Crippen molar-refractivity contribution in [1.29, 1.82) is 0 Å². The van der Waals surface area contributed by atoms with Crippen LogP contribution in [0.4, 0.5) is 13.2 Å². The second kappa shape index (κ2) is 6.40. The predicted octanol–water partition coefficient (Wildman–Crippen LogP) is 2.46. The molecular weight excluding hydrogens is 339 g/mol. The molecule has 0 radical (unpaired) electrons. The Morgan fingerprint density at radius 3 is 2.76 bits per heavy atom. The van der Waals surface area contributed by atoms with Crippen LogP contribution in [0.15, 0.2) is 30.5 Å². The molecule has 134 valence electrons. The Bertz CT molecular complexity index is 788. The van der Waals surface area contributed by atoms with E-state index in [0.717, 1.165) is 16.9 Å². The third kappa shape index (κ3) is 3.46. The lowest BCUT2D eigenvalue weighted by Gasteiger charge is -2.30. The van der Waals surface area contributed by atoms with Gasteiger partial charge in [0, 0.05) is 13.1 Å². The monoisotopic (exact) mass is 355 g/mol. The minimum Gasteiger partial charge on any atom is -0.504 e. The number of carbonyl (C=O) groups is 1. The number of hydrogen-bond acceptors (Lipinski definition) is 4. The number of para-hydroxylation sites is 1. The van der Waals surface area contributed by atoms with Gasteiger partial charge in [-0.25, -0.2) is 4.68 Å². The Morgan fingerprint density at radius 2 is 2.08 bits per heavy atom. The SMILES string of the molecule is C[C@@H]1CN(C(=O)c2nn(-c3ccccc3C(F)(F)F)cc2O)CCO1. The van der Waals surface area contributed by atoms with Crippen molar-refractivity contribution in [2.24, 2.45) is 0 Å². The molecule has 9 heteroatoms. The fraction of sp³-hybridized carbons (Fsp3) is 0.375. The van der Waals surface area contributed by atoms with Crippen LogP contribution in [0.3, 0.4) is 0 Å². The Hall–Kier alpha value is -2.55. The number of amides is 1. The number of morpholine rings is 1.